The molecule has 3 rings (SSSR count). The van der Waals surface area contributed by atoms with E-state index in [0.717, 1.165) is 26.3 Å². The maximum absolute atomic E-state index is 13.8. The maximum atomic E-state index is 13.8. The minimum Gasteiger partial charge on any atom is -0.355 e. The highest BCUT2D eigenvalue weighted by atomic mass is 79.9. The van der Waals surface area contributed by atoms with Gasteiger partial charge in [-0.2, -0.15) is 0 Å². The Morgan fingerprint density at radius 1 is 0.919 bits per heavy atom. The fraction of sp³-hybridized carbons (Fsp3) is 0.286. The Hall–Kier alpha value is -3.17. The van der Waals surface area contributed by atoms with Crippen molar-refractivity contribution < 1.29 is 18.0 Å². The molecule has 0 saturated heterocycles. The van der Waals surface area contributed by atoms with E-state index in [9.17, 15) is 18.0 Å². The Morgan fingerprint density at radius 3 is 2.19 bits per heavy atom. The van der Waals surface area contributed by atoms with Crippen LogP contribution in [0.2, 0.25) is 0 Å². The number of rotatable bonds is 11. The topological polar surface area (TPSA) is 86.8 Å². The molecule has 1 atom stereocenters. The fourth-order valence-corrected chi connectivity index (χ4v) is 5.76. The average Bonchev–Trinajstić information content (AvgIpc) is 2.90. The highest BCUT2D eigenvalue weighted by Gasteiger charge is 2.32. The first kappa shape index (κ1) is 28.4. The summed E-state index contributed by atoms with van der Waals surface area (Å²) >= 11 is 3.44. The zero-order chi connectivity index (χ0) is 27.0. The van der Waals surface area contributed by atoms with E-state index in [1.54, 1.807) is 44.2 Å². The molecule has 0 aliphatic carbocycles. The number of nitrogens with one attached hydrogen (secondary N) is 1. The molecule has 7 nitrogen and oxygen atoms in total. The van der Waals surface area contributed by atoms with Crippen LogP contribution in [-0.2, 0) is 32.6 Å². The molecule has 0 spiro atoms. The van der Waals surface area contributed by atoms with Crippen molar-refractivity contribution in [2.75, 3.05) is 17.4 Å². The van der Waals surface area contributed by atoms with Crippen molar-refractivity contribution in [3.05, 3.63) is 94.5 Å². The highest BCUT2D eigenvalue weighted by Crippen LogP contribution is 2.25. The third-order valence-electron chi connectivity index (χ3n) is 6.00. The van der Waals surface area contributed by atoms with Crippen molar-refractivity contribution in [1.82, 2.24) is 10.2 Å². The molecule has 196 valence electrons. The Labute approximate surface area is 227 Å². The van der Waals surface area contributed by atoms with E-state index in [1.807, 2.05) is 43.3 Å². The molecule has 0 aliphatic rings. The van der Waals surface area contributed by atoms with Crippen LogP contribution in [-0.4, -0.2) is 44.3 Å². The number of likely N-dealkylation sites (N-methyl/N-ethyl adjacent to an activating group) is 1. The van der Waals surface area contributed by atoms with E-state index in [2.05, 4.69) is 21.2 Å². The average molecular weight is 587 g/mol. The summed E-state index contributed by atoms with van der Waals surface area (Å²) in [5.41, 5.74) is 2.24. The molecule has 0 saturated carbocycles. The van der Waals surface area contributed by atoms with Crippen LogP contribution in [0.3, 0.4) is 0 Å². The summed E-state index contributed by atoms with van der Waals surface area (Å²) in [6.45, 7) is 5.57. The molecule has 0 fully saturated rings. The van der Waals surface area contributed by atoms with Crippen LogP contribution in [0.5, 0.6) is 0 Å². The van der Waals surface area contributed by atoms with Crippen LogP contribution in [0.25, 0.3) is 0 Å². The van der Waals surface area contributed by atoms with Gasteiger partial charge in [0.1, 0.15) is 12.6 Å². The molecule has 0 heterocycles. The van der Waals surface area contributed by atoms with Crippen LogP contribution in [0.15, 0.2) is 88.2 Å². The van der Waals surface area contributed by atoms with Gasteiger partial charge in [-0.05, 0) is 67.8 Å². The number of halogens is 1. The van der Waals surface area contributed by atoms with E-state index < -0.39 is 28.5 Å². The van der Waals surface area contributed by atoms with Gasteiger partial charge >= 0.3 is 0 Å². The van der Waals surface area contributed by atoms with Crippen molar-refractivity contribution in [3.63, 3.8) is 0 Å². The number of hydrogen-bond donors (Lipinski definition) is 1. The second-order valence-electron chi connectivity index (χ2n) is 8.57. The van der Waals surface area contributed by atoms with Crippen LogP contribution >= 0.6 is 15.9 Å². The number of carbonyl (C=O) groups is 2. The first-order chi connectivity index (χ1) is 17.7. The van der Waals surface area contributed by atoms with Gasteiger partial charge in [-0.1, -0.05) is 65.3 Å². The maximum Gasteiger partial charge on any atom is 0.264 e. The lowest BCUT2D eigenvalue weighted by atomic mass is 10.1. The lowest BCUT2D eigenvalue weighted by Crippen LogP contribution is -2.51. The van der Waals surface area contributed by atoms with Gasteiger partial charge in [-0.3, -0.25) is 13.9 Å². The molecule has 0 unspecified atom stereocenters. The van der Waals surface area contributed by atoms with E-state index in [4.69, 9.17) is 0 Å². The molecule has 9 heteroatoms. The lowest BCUT2D eigenvalue weighted by molar-refractivity contribution is -0.139. The number of hydrogen-bond acceptors (Lipinski definition) is 4. The number of carbonyl (C=O) groups excluding carboxylic acids is 2. The van der Waals surface area contributed by atoms with Gasteiger partial charge in [0, 0.05) is 17.6 Å². The zero-order valence-corrected chi connectivity index (χ0v) is 23.6. The molecule has 0 aromatic heterocycles. The normalized spacial score (nSPS) is 12.0. The summed E-state index contributed by atoms with van der Waals surface area (Å²) in [6, 6.07) is 21.8. The SMILES string of the molecule is CCNC(=O)[C@H](C)N(Cc1cccc(Br)c1)C(=O)CN(c1ccc(CC)cc1)S(=O)(=O)c1ccccc1. The molecule has 3 aromatic carbocycles. The second kappa shape index (κ2) is 12.9. The van der Waals surface area contributed by atoms with Crippen LogP contribution in [0.1, 0.15) is 31.9 Å². The van der Waals surface area contributed by atoms with Crippen molar-refractivity contribution in [1.29, 1.82) is 0 Å². The van der Waals surface area contributed by atoms with Gasteiger partial charge in [0.2, 0.25) is 11.8 Å². The standard InChI is InChI=1S/C28H32BrN3O4S/c1-4-22-14-16-25(17-15-22)32(37(35,36)26-12-7-6-8-13-26)20-27(33)31(21(3)28(34)30-5-2)19-23-10-9-11-24(29)18-23/h6-18,21H,4-5,19-20H2,1-3H3,(H,30,34)/t21-/m0/s1. The number of amides is 2. The molecular formula is C28H32BrN3O4S. The number of anilines is 1. The quantitative estimate of drug-likeness (QED) is 0.351. The van der Waals surface area contributed by atoms with Crippen molar-refractivity contribution in [2.24, 2.45) is 0 Å². The molecule has 0 aliphatic heterocycles. The summed E-state index contributed by atoms with van der Waals surface area (Å²) in [6.07, 6.45) is 0.801. The molecule has 0 bridgehead atoms. The highest BCUT2D eigenvalue weighted by molar-refractivity contribution is 9.10. The van der Waals surface area contributed by atoms with Crippen molar-refractivity contribution in [2.45, 2.75) is 44.7 Å². The minimum absolute atomic E-state index is 0.0812. The first-order valence-corrected chi connectivity index (χ1v) is 14.4. The third kappa shape index (κ3) is 7.20. The zero-order valence-electron chi connectivity index (χ0n) is 21.2. The van der Waals surface area contributed by atoms with Gasteiger partial charge in [0.05, 0.1) is 10.6 Å². The predicted octanol–water partition coefficient (Wildman–Crippen LogP) is 4.76. The number of nitrogens with zero attached hydrogens (tertiary/aromatic N) is 2. The molecule has 0 radical (unpaired) electrons. The largest absolute Gasteiger partial charge is 0.355 e. The summed E-state index contributed by atoms with van der Waals surface area (Å²) in [5.74, 6) is -0.798. The van der Waals surface area contributed by atoms with Gasteiger partial charge < -0.3 is 10.2 Å². The van der Waals surface area contributed by atoms with Crippen LogP contribution < -0.4 is 9.62 Å². The van der Waals surface area contributed by atoms with Crippen LogP contribution in [0, 0.1) is 0 Å². The Balaban J connectivity index is 2.02. The monoisotopic (exact) mass is 585 g/mol. The molecule has 3 aromatic rings. The van der Waals surface area contributed by atoms with E-state index >= 15 is 0 Å². The molecular weight excluding hydrogens is 554 g/mol. The lowest BCUT2D eigenvalue weighted by Gasteiger charge is -2.32. The van der Waals surface area contributed by atoms with Crippen molar-refractivity contribution >= 4 is 43.5 Å². The summed E-state index contributed by atoms with van der Waals surface area (Å²) in [7, 11) is -4.06. The van der Waals surface area contributed by atoms with Gasteiger partial charge in [-0.25, -0.2) is 8.42 Å². The van der Waals surface area contributed by atoms with Crippen LogP contribution in [0.4, 0.5) is 5.69 Å². The molecule has 1 N–H and O–H groups in total. The Bertz CT molecular complexity index is 1310. The number of sulfonamides is 1. The second-order valence-corrected chi connectivity index (χ2v) is 11.3. The Kier molecular flexibility index (Phi) is 9.88. The molecule has 2 amide bonds. The summed E-state index contributed by atoms with van der Waals surface area (Å²) < 4.78 is 29.4. The number of benzene rings is 3. The summed E-state index contributed by atoms with van der Waals surface area (Å²) in [4.78, 5) is 28.0. The minimum atomic E-state index is -4.06. The van der Waals surface area contributed by atoms with E-state index in [0.29, 0.717) is 12.2 Å². The van der Waals surface area contributed by atoms with E-state index in [-0.39, 0.29) is 17.3 Å². The van der Waals surface area contributed by atoms with Gasteiger partial charge in [0.25, 0.3) is 10.0 Å². The molecule has 37 heavy (non-hydrogen) atoms. The Morgan fingerprint density at radius 2 is 1.59 bits per heavy atom. The fourth-order valence-electron chi connectivity index (χ4n) is 3.88. The summed E-state index contributed by atoms with van der Waals surface area (Å²) in [5, 5.41) is 2.76. The number of aryl methyl sites for hydroxylation is 1. The smallest absolute Gasteiger partial charge is 0.264 e. The van der Waals surface area contributed by atoms with Gasteiger partial charge in [0.15, 0.2) is 0 Å². The van der Waals surface area contributed by atoms with E-state index in [1.165, 1.54) is 17.0 Å². The predicted molar refractivity (Wildman–Crippen MR) is 150 cm³/mol. The third-order valence-corrected chi connectivity index (χ3v) is 8.28. The first-order valence-electron chi connectivity index (χ1n) is 12.2. The van der Waals surface area contributed by atoms with Gasteiger partial charge in [-0.15, -0.1) is 0 Å². The van der Waals surface area contributed by atoms with Crippen molar-refractivity contribution in [3.8, 4) is 0 Å².